The average Bonchev–Trinajstić information content (AvgIpc) is 3.21. The molecule has 1 saturated carbocycles. The summed E-state index contributed by atoms with van der Waals surface area (Å²) in [6.45, 7) is 12.2. The summed E-state index contributed by atoms with van der Waals surface area (Å²) in [4.78, 5) is 2.72. The zero-order valence-electron chi connectivity index (χ0n) is 25.1. The summed E-state index contributed by atoms with van der Waals surface area (Å²) in [6.07, 6.45) is 3.28. The van der Waals surface area contributed by atoms with Gasteiger partial charge in [-0.05, 0) is 70.0 Å². The number of rotatable bonds is 7. The number of nitrogens with two attached hydrogens (primary N) is 1. The van der Waals surface area contributed by atoms with Crippen LogP contribution in [0.1, 0.15) is 81.6 Å². The molecule has 2 bridgehead atoms. The van der Waals surface area contributed by atoms with Crippen LogP contribution >= 0.6 is 0 Å². The Morgan fingerprint density at radius 2 is 1.61 bits per heavy atom. The first kappa shape index (κ1) is 28.6. The normalized spacial score (nSPS) is 31.3. The molecule has 2 unspecified atom stereocenters. The average molecular weight is 555 g/mol. The van der Waals surface area contributed by atoms with E-state index in [-0.39, 0.29) is 24.7 Å². The van der Waals surface area contributed by atoms with Crippen molar-refractivity contribution in [2.24, 2.45) is 22.5 Å². The zero-order chi connectivity index (χ0) is 28.8. The van der Waals surface area contributed by atoms with Gasteiger partial charge in [0.15, 0.2) is 6.29 Å². The molecule has 3 aromatic rings. The third-order valence-corrected chi connectivity index (χ3v) is 9.72. The molecule has 3 N–H and O–H groups in total. The van der Waals surface area contributed by atoms with Gasteiger partial charge in [0.05, 0.1) is 18.8 Å². The third-order valence-electron chi connectivity index (χ3n) is 9.72. The predicted molar refractivity (Wildman–Crippen MR) is 164 cm³/mol. The van der Waals surface area contributed by atoms with Gasteiger partial charge in [0.2, 0.25) is 0 Å². The number of hydrogen-bond acceptors (Lipinski definition) is 5. The number of likely N-dealkylation sites (tertiary alicyclic amines) is 1. The Labute approximate surface area is 245 Å². The predicted octanol–water partition coefficient (Wildman–Crippen LogP) is 7.00. The van der Waals surface area contributed by atoms with Gasteiger partial charge in [-0.25, -0.2) is 0 Å². The van der Waals surface area contributed by atoms with E-state index in [2.05, 4.69) is 93.3 Å². The van der Waals surface area contributed by atoms with Crippen molar-refractivity contribution in [3.63, 3.8) is 0 Å². The van der Waals surface area contributed by atoms with Gasteiger partial charge in [0.25, 0.3) is 0 Å². The maximum Gasteiger partial charge on any atom is 0.184 e. The van der Waals surface area contributed by atoms with E-state index in [9.17, 15) is 5.11 Å². The molecule has 0 radical (unpaired) electrons. The Morgan fingerprint density at radius 1 is 0.878 bits per heavy atom. The monoisotopic (exact) mass is 554 g/mol. The lowest BCUT2D eigenvalue weighted by molar-refractivity contribution is -0.276. The number of benzene rings is 3. The van der Waals surface area contributed by atoms with Crippen LogP contribution in [0.4, 0.5) is 0 Å². The summed E-state index contributed by atoms with van der Waals surface area (Å²) >= 11 is 0. The van der Waals surface area contributed by atoms with E-state index in [0.717, 1.165) is 46.5 Å². The van der Waals surface area contributed by atoms with Crippen molar-refractivity contribution in [2.75, 3.05) is 13.1 Å². The highest BCUT2D eigenvalue weighted by molar-refractivity contribution is 5.65. The Bertz CT molecular complexity index is 1350. The second kappa shape index (κ2) is 11.3. The zero-order valence-corrected chi connectivity index (χ0v) is 25.1. The van der Waals surface area contributed by atoms with Crippen LogP contribution in [0.5, 0.6) is 0 Å². The van der Waals surface area contributed by atoms with E-state index in [4.69, 9.17) is 15.2 Å². The number of aliphatic hydroxyl groups is 1. The molecule has 2 saturated heterocycles. The van der Waals surface area contributed by atoms with Crippen LogP contribution in [0.15, 0.2) is 72.8 Å². The van der Waals surface area contributed by atoms with E-state index in [1.165, 1.54) is 19.3 Å². The first-order valence-electron chi connectivity index (χ1n) is 15.3. The number of nitrogens with zero attached hydrogens (tertiary/aromatic N) is 1. The van der Waals surface area contributed by atoms with Gasteiger partial charge in [-0.1, -0.05) is 88.4 Å². The van der Waals surface area contributed by atoms with Crippen LogP contribution in [-0.4, -0.2) is 35.2 Å². The van der Waals surface area contributed by atoms with Gasteiger partial charge in [-0.2, -0.15) is 0 Å². The second-order valence-electron chi connectivity index (χ2n) is 14.0. The maximum atomic E-state index is 9.60. The minimum absolute atomic E-state index is 0.0338. The van der Waals surface area contributed by atoms with Crippen LogP contribution in [0.2, 0.25) is 0 Å². The highest BCUT2D eigenvalue weighted by atomic mass is 16.7. The highest BCUT2D eigenvalue weighted by Gasteiger charge is 2.51. The van der Waals surface area contributed by atoms with E-state index in [1.54, 1.807) is 0 Å². The topological polar surface area (TPSA) is 68.0 Å². The Kier molecular flexibility index (Phi) is 7.86. The Morgan fingerprint density at radius 3 is 2.34 bits per heavy atom. The SMILES string of the molecule is C[C@H]1[C@@H](CN2CC3(C)CC2CC(C)(C)C3)O[C@@H](c2cccc(-c3cccc(CN)c3)c2)O[C@H]1c1ccc(CO)cc1. The quantitative estimate of drug-likeness (QED) is 0.329. The van der Waals surface area contributed by atoms with Crippen LogP contribution in [0, 0.1) is 16.7 Å². The number of aliphatic hydroxyl groups excluding tert-OH is 1. The molecule has 3 aliphatic rings. The van der Waals surface area contributed by atoms with Crippen LogP contribution in [0.25, 0.3) is 11.1 Å². The fraction of sp³-hybridized carbons (Fsp3) is 0.500. The second-order valence-corrected chi connectivity index (χ2v) is 14.0. The number of hydrogen-bond donors (Lipinski definition) is 2. The van der Waals surface area contributed by atoms with Gasteiger partial charge in [0, 0.05) is 37.2 Å². The number of fused-ring (bicyclic) bond motifs is 2. The van der Waals surface area contributed by atoms with E-state index in [0.29, 0.717) is 23.4 Å². The largest absolute Gasteiger partial charge is 0.392 e. The minimum Gasteiger partial charge on any atom is -0.392 e. The van der Waals surface area contributed by atoms with Crippen molar-refractivity contribution in [3.05, 3.63) is 95.1 Å². The van der Waals surface area contributed by atoms with Crippen LogP contribution < -0.4 is 5.73 Å². The fourth-order valence-corrected chi connectivity index (χ4v) is 8.09. The van der Waals surface area contributed by atoms with Gasteiger partial charge in [-0.3, -0.25) is 4.90 Å². The smallest absolute Gasteiger partial charge is 0.184 e. The molecule has 2 heterocycles. The van der Waals surface area contributed by atoms with Gasteiger partial charge < -0.3 is 20.3 Å². The van der Waals surface area contributed by atoms with Crippen molar-refractivity contribution in [2.45, 2.75) is 84.6 Å². The van der Waals surface area contributed by atoms with E-state index in [1.807, 2.05) is 12.1 Å². The molecule has 41 heavy (non-hydrogen) atoms. The lowest BCUT2D eigenvalue weighted by Crippen LogP contribution is -2.46. The molecule has 6 rings (SSSR count). The molecular weight excluding hydrogens is 508 g/mol. The summed E-state index contributed by atoms with van der Waals surface area (Å²) in [6, 6.07) is 25.8. The van der Waals surface area contributed by atoms with Crippen LogP contribution in [0.3, 0.4) is 0 Å². The standard InChI is InChI=1S/C36H46N2O3/c1-24-32(20-38-23-36(4)18-31(38)17-35(2,3)22-36)40-34(41-33(24)27-13-11-25(21-39)12-14-27)30-10-6-9-29(16-30)28-8-5-7-26(15-28)19-37/h5-16,24,31-34,39H,17-23,37H2,1-4H3/t24-,31?,32+,33+,34+,36?/m0/s1. The number of ether oxygens (including phenoxy) is 2. The van der Waals surface area contributed by atoms with Crippen molar-refractivity contribution in [3.8, 4) is 11.1 Å². The van der Waals surface area contributed by atoms with Gasteiger partial charge >= 0.3 is 0 Å². The molecular formula is C36H46N2O3. The summed E-state index contributed by atoms with van der Waals surface area (Å²) in [5, 5.41) is 9.60. The summed E-state index contributed by atoms with van der Waals surface area (Å²) in [5.74, 6) is 0.178. The Hall–Kier alpha value is -2.54. The molecule has 218 valence electrons. The lowest BCUT2D eigenvalue weighted by atomic mass is 9.65. The molecule has 0 aromatic heterocycles. The van der Waals surface area contributed by atoms with Gasteiger partial charge in [-0.15, -0.1) is 0 Å². The fourth-order valence-electron chi connectivity index (χ4n) is 8.09. The molecule has 0 amide bonds. The van der Waals surface area contributed by atoms with E-state index < -0.39 is 6.29 Å². The van der Waals surface area contributed by atoms with Crippen molar-refractivity contribution < 1.29 is 14.6 Å². The third kappa shape index (κ3) is 6.02. The molecule has 3 fully saturated rings. The van der Waals surface area contributed by atoms with E-state index >= 15 is 0 Å². The first-order chi connectivity index (χ1) is 19.6. The molecule has 1 aliphatic carbocycles. The van der Waals surface area contributed by atoms with Gasteiger partial charge in [0.1, 0.15) is 0 Å². The molecule has 3 aromatic carbocycles. The molecule has 6 atom stereocenters. The molecule has 0 spiro atoms. The maximum absolute atomic E-state index is 9.60. The molecule has 2 aliphatic heterocycles. The lowest BCUT2D eigenvalue weighted by Gasteiger charge is -2.43. The highest BCUT2D eigenvalue weighted by Crippen LogP contribution is 2.53. The molecule has 5 heteroatoms. The van der Waals surface area contributed by atoms with Crippen molar-refractivity contribution >= 4 is 0 Å². The molecule has 5 nitrogen and oxygen atoms in total. The summed E-state index contributed by atoms with van der Waals surface area (Å²) in [7, 11) is 0. The summed E-state index contributed by atoms with van der Waals surface area (Å²) < 4.78 is 13.7. The van der Waals surface area contributed by atoms with Crippen LogP contribution in [-0.2, 0) is 22.6 Å². The Balaban J connectivity index is 1.30. The van der Waals surface area contributed by atoms with Crippen molar-refractivity contribution in [1.29, 1.82) is 0 Å². The minimum atomic E-state index is -0.467. The van der Waals surface area contributed by atoms with Crippen molar-refractivity contribution in [1.82, 2.24) is 4.90 Å². The first-order valence-corrected chi connectivity index (χ1v) is 15.3. The summed E-state index contributed by atoms with van der Waals surface area (Å²) in [5.41, 5.74) is 13.2.